The van der Waals surface area contributed by atoms with E-state index in [0.29, 0.717) is 0 Å². The maximum Gasteiger partial charge on any atom is 0.194 e. The highest BCUT2D eigenvalue weighted by atomic mass is 32.2. The lowest BCUT2D eigenvalue weighted by molar-refractivity contribution is 0.217. The predicted octanol–water partition coefficient (Wildman–Crippen LogP) is 2.41. The van der Waals surface area contributed by atoms with Gasteiger partial charge >= 0.3 is 0 Å². The van der Waals surface area contributed by atoms with E-state index in [1.807, 2.05) is 7.05 Å². The van der Waals surface area contributed by atoms with Gasteiger partial charge in [0.25, 0.3) is 0 Å². The second kappa shape index (κ2) is 6.15. The number of thioether (sulfide) groups is 1. The summed E-state index contributed by atoms with van der Waals surface area (Å²) in [5.41, 5.74) is 0.181. The highest BCUT2D eigenvalue weighted by Crippen LogP contribution is 2.29. The minimum Gasteiger partial charge on any atom is -0.312 e. The summed E-state index contributed by atoms with van der Waals surface area (Å²) >= 11 is 1.79. The summed E-state index contributed by atoms with van der Waals surface area (Å²) in [6.07, 6.45) is 0. The van der Waals surface area contributed by atoms with E-state index in [0.717, 1.165) is 24.1 Å². The number of halogens is 3. The number of rotatable bonds is 3. The van der Waals surface area contributed by atoms with Crippen LogP contribution in [-0.2, 0) is 0 Å². The molecule has 2 rings (SSSR count). The molecule has 2 unspecified atom stereocenters. The van der Waals surface area contributed by atoms with Gasteiger partial charge in [0, 0.05) is 29.7 Å². The van der Waals surface area contributed by atoms with Crippen molar-refractivity contribution in [3.8, 4) is 0 Å². The highest BCUT2D eigenvalue weighted by molar-refractivity contribution is 7.99. The Morgan fingerprint density at radius 3 is 2.68 bits per heavy atom. The van der Waals surface area contributed by atoms with Gasteiger partial charge in [-0.3, -0.25) is 4.90 Å². The second-order valence-corrected chi connectivity index (χ2v) is 5.80. The van der Waals surface area contributed by atoms with Crippen molar-refractivity contribution in [3.63, 3.8) is 0 Å². The molecule has 1 fully saturated rings. The van der Waals surface area contributed by atoms with E-state index >= 15 is 0 Å². The zero-order chi connectivity index (χ0) is 14.0. The fraction of sp³-hybridized carbons (Fsp3) is 0.538. The second-order valence-electron chi connectivity index (χ2n) is 4.65. The van der Waals surface area contributed by atoms with E-state index in [1.165, 1.54) is 6.07 Å². The molecule has 2 nitrogen and oxygen atoms in total. The Kier molecular flexibility index (Phi) is 4.76. The first-order valence-electron chi connectivity index (χ1n) is 6.15. The van der Waals surface area contributed by atoms with Crippen molar-refractivity contribution in [1.29, 1.82) is 0 Å². The Morgan fingerprint density at radius 2 is 2.05 bits per heavy atom. The fourth-order valence-electron chi connectivity index (χ4n) is 2.39. The molecule has 0 amide bonds. The van der Waals surface area contributed by atoms with Gasteiger partial charge in [0.05, 0.1) is 6.04 Å². The van der Waals surface area contributed by atoms with Crippen LogP contribution < -0.4 is 5.32 Å². The average Bonchev–Trinajstić information content (AvgIpc) is 2.41. The van der Waals surface area contributed by atoms with Gasteiger partial charge in [-0.25, -0.2) is 13.2 Å². The molecule has 0 saturated carbocycles. The highest BCUT2D eigenvalue weighted by Gasteiger charge is 2.31. The van der Waals surface area contributed by atoms with Gasteiger partial charge in [0.1, 0.15) is 0 Å². The van der Waals surface area contributed by atoms with Crippen molar-refractivity contribution in [2.24, 2.45) is 0 Å². The standard InChI is InChI=1S/C13H17F3N2S/c1-17-13(10-7-19-6-5-18(10)2)8-3-4-9(14)12(16)11(8)15/h3-4,10,13,17H,5-7H2,1-2H3. The van der Waals surface area contributed by atoms with Gasteiger partial charge in [0.15, 0.2) is 17.5 Å². The molecular weight excluding hydrogens is 273 g/mol. The Hall–Kier alpha value is -0.720. The molecule has 19 heavy (non-hydrogen) atoms. The lowest BCUT2D eigenvalue weighted by Gasteiger charge is -2.38. The Bertz CT molecular complexity index is 456. The van der Waals surface area contributed by atoms with Crippen LogP contribution in [0, 0.1) is 17.5 Å². The molecule has 0 aliphatic carbocycles. The third-order valence-electron chi connectivity index (χ3n) is 3.54. The number of hydrogen-bond acceptors (Lipinski definition) is 3. The van der Waals surface area contributed by atoms with Gasteiger partial charge in [-0.1, -0.05) is 6.07 Å². The Labute approximate surface area is 115 Å². The largest absolute Gasteiger partial charge is 0.312 e. The molecule has 1 saturated heterocycles. The van der Waals surface area contributed by atoms with Crippen LogP contribution in [0.2, 0.25) is 0 Å². The van der Waals surface area contributed by atoms with Crippen molar-refractivity contribution < 1.29 is 13.2 Å². The molecule has 0 aromatic heterocycles. The quantitative estimate of drug-likeness (QED) is 0.861. The maximum absolute atomic E-state index is 13.9. The van der Waals surface area contributed by atoms with Crippen LogP contribution in [0.25, 0.3) is 0 Å². The summed E-state index contributed by atoms with van der Waals surface area (Å²) < 4.78 is 40.3. The zero-order valence-corrected chi connectivity index (χ0v) is 11.7. The van der Waals surface area contributed by atoms with Crippen molar-refractivity contribution in [2.75, 3.05) is 32.1 Å². The molecule has 2 atom stereocenters. The molecular formula is C13H17F3N2S. The number of likely N-dealkylation sites (N-methyl/N-ethyl adjacent to an activating group) is 2. The first-order chi connectivity index (χ1) is 9.06. The van der Waals surface area contributed by atoms with Crippen LogP contribution in [0.3, 0.4) is 0 Å². The Balaban J connectivity index is 2.34. The summed E-state index contributed by atoms with van der Waals surface area (Å²) in [4.78, 5) is 2.12. The third kappa shape index (κ3) is 2.90. The van der Waals surface area contributed by atoms with Gasteiger partial charge in [0.2, 0.25) is 0 Å². The monoisotopic (exact) mass is 290 g/mol. The lowest BCUT2D eigenvalue weighted by Crippen LogP contribution is -2.47. The summed E-state index contributed by atoms with van der Waals surface area (Å²) in [6, 6.07) is 2.01. The molecule has 1 aliphatic heterocycles. The topological polar surface area (TPSA) is 15.3 Å². The molecule has 1 aromatic rings. The molecule has 6 heteroatoms. The molecule has 1 aliphatic rings. The number of benzene rings is 1. The summed E-state index contributed by atoms with van der Waals surface area (Å²) in [6.45, 7) is 0.902. The van der Waals surface area contributed by atoms with Crippen molar-refractivity contribution >= 4 is 11.8 Å². The zero-order valence-electron chi connectivity index (χ0n) is 10.9. The molecule has 106 valence electrons. The van der Waals surface area contributed by atoms with Crippen LogP contribution in [0.4, 0.5) is 13.2 Å². The van der Waals surface area contributed by atoms with Crippen molar-refractivity contribution in [2.45, 2.75) is 12.1 Å². The van der Waals surface area contributed by atoms with Crippen LogP contribution in [0.1, 0.15) is 11.6 Å². The van der Waals surface area contributed by atoms with E-state index in [-0.39, 0.29) is 17.6 Å². The van der Waals surface area contributed by atoms with Crippen LogP contribution in [0.5, 0.6) is 0 Å². The summed E-state index contributed by atoms with van der Waals surface area (Å²) in [5, 5.41) is 3.02. The van der Waals surface area contributed by atoms with E-state index in [2.05, 4.69) is 10.2 Å². The molecule has 1 heterocycles. The summed E-state index contributed by atoms with van der Waals surface area (Å²) in [7, 11) is 3.67. The van der Waals surface area contributed by atoms with Crippen molar-refractivity contribution in [1.82, 2.24) is 10.2 Å². The van der Waals surface area contributed by atoms with Gasteiger partial charge in [-0.05, 0) is 20.2 Å². The van der Waals surface area contributed by atoms with Crippen LogP contribution >= 0.6 is 11.8 Å². The normalized spacial score (nSPS) is 22.5. The van der Waals surface area contributed by atoms with E-state index in [4.69, 9.17) is 0 Å². The molecule has 0 radical (unpaired) electrons. The molecule has 1 N–H and O–H groups in total. The maximum atomic E-state index is 13.9. The van der Waals surface area contributed by atoms with Gasteiger partial charge in [-0.2, -0.15) is 11.8 Å². The molecule has 1 aromatic carbocycles. The third-order valence-corrected chi connectivity index (χ3v) is 4.59. The van der Waals surface area contributed by atoms with Gasteiger partial charge < -0.3 is 5.32 Å². The van der Waals surface area contributed by atoms with E-state index in [1.54, 1.807) is 18.8 Å². The van der Waals surface area contributed by atoms with E-state index < -0.39 is 17.5 Å². The number of hydrogen-bond donors (Lipinski definition) is 1. The fourth-order valence-corrected chi connectivity index (χ4v) is 3.66. The van der Waals surface area contributed by atoms with Crippen LogP contribution in [-0.4, -0.2) is 43.1 Å². The summed E-state index contributed by atoms with van der Waals surface area (Å²) in [5.74, 6) is -1.78. The minimum atomic E-state index is -1.40. The molecule has 0 spiro atoms. The Morgan fingerprint density at radius 1 is 1.32 bits per heavy atom. The number of nitrogens with zero attached hydrogens (tertiary/aromatic N) is 1. The predicted molar refractivity (Wildman–Crippen MR) is 71.9 cm³/mol. The number of nitrogens with one attached hydrogen (secondary N) is 1. The molecule has 0 bridgehead atoms. The van der Waals surface area contributed by atoms with Gasteiger partial charge in [-0.15, -0.1) is 0 Å². The minimum absolute atomic E-state index is 0.0584. The SMILES string of the molecule is CNC(c1ccc(F)c(F)c1F)C1CSCCN1C. The first kappa shape index (κ1) is 14.7. The smallest absolute Gasteiger partial charge is 0.194 e. The van der Waals surface area contributed by atoms with Crippen LogP contribution in [0.15, 0.2) is 12.1 Å². The average molecular weight is 290 g/mol. The lowest BCUT2D eigenvalue weighted by atomic mass is 9.98. The first-order valence-corrected chi connectivity index (χ1v) is 7.30. The van der Waals surface area contributed by atoms with E-state index in [9.17, 15) is 13.2 Å². The van der Waals surface area contributed by atoms with Crippen molar-refractivity contribution in [3.05, 3.63) is 35.1 Å².